The zero-order chi connectivity index (χ0) is 20.1. The van der Waals surface area contributed by atoms with Gasteiger partial charge in [-0.25, -0.2) is 4.79 Å². The first-order chi connectivity index (χ1) is 13.5. The first-order valence-electron chi connectivity index (χ1n) is 9.70. The molecule has 0 saturated carbocycles. The van der Waals surface area contributed by atoms with Crippen molar-refractivity contribution < 1.29 is 18.7 Å². The smallest absolute Gasteiger partial charge is 0.339 e. The van der Waals surface area contributed by atoms with Crippen LogP contribution in [0, 0.1) is 20.8 Å². The Labute approximate surface area is 164 Å². The molecule has 1 N–H and O–H groups in total. The predicted molar refractivity (Wildman–Crippen MR) is 107 cm³/mol. The first kappa shape index (κ1) is 20.4. The van der Waals surface area contributed by atoms with Gasteiger partial charge in [0.15, 0.2) is 6.61 Å². The molecule has 2 aromatic rings. The van der Waals surface area contributed by atoms with E-state index in [1.807, 2.05) is 26.0 Å². The van der Waals surface area contributed by atoms with Gasteiger partial charge in [-0.1, -0.05) is 0 Å². The quantitative estimate of drug-likeness (QED) is 0.577. The summed E-state index contributed by atoms with van der Waals surface area (Å²) in [7, 11) is 0. The second-order valence-electron chi connectivity index (χ2n) is 7.15. The lowest BCUT2D eigenvalue weighted by molar-refractivity contribution is -0.123. The van der Waals surface area contributed by atoms with Gasteiger partial charge in [0.25, 0.3) is 5.91 Å². The Morgan fingerprint density at radius 1 is 1.14 bits per heavy atom. The highest BCUT2D eigenvalue weighted by atomic mass is 16.5. The number of hydrogen-bond donors (Lipinski definition) is 1. The molecule has 0 unspecified atom stereocenters. The van der Waals surface area contributed by atoms with Crippen LogP contribution in [0.2, 0.25) is 0 Å². The molecule has 0 radical (unpaired) electrons. The van der Waals surface area contributed by atoms with Crippen molar-refractivity contribution in [2.45, 2.75) is 27.2 Å². The molecular weight excluding hydrogens is 360 g/mol. The molecule has 0 aliphatic carbocycles. The van der Waals surface area contributed by atoms with E-state index in [2.05, 4.69) is 10.2 Å². The molecule has 3 rings (SSSR count). The largest absolute Gasteiger partial charge is 0.483 e. The van der Waals surface area contributed by atoms with E-state index in [4.69, 9.17) is 13.9 Å². The van der Waals surface area contributed by atoms with Gasteiger partial charge in [-0.15, -0.1) is 0 Å². The maximum Gasteiger partial charge on any atom is 0.339 e. The van der Waals surface area contributed by atoms with Crippen molar-refractivity contribution in [2.24, 2.45) is 0 Å². The SMILES string of the molecule is Cc1c(C)c2ccc(OCC(=O)NCCCN3CCOCC3)c(C)c2oc1=O. The number of amides is 1. The average molecular weight is 388 g/mol. The lowest BCUT2D eigenvalue weighted by Crippen LogP contribution is -2.38. The number of nitrogens with zero attached hydrogens (tertiary/aromatic N) is 1. The summed E-state index contributed by atoms with van der Waals surface area (Å²) in [4.78, 5) is 26.3. The topological polar surface area (TPSA) is 81.0 Å². The van der Waals surface area contributed by atoms with Crippen molar-refractivity contribution in [1.29, 1.82) is 0 Å². The number of ether oxygens (including phenoxy) is 2. The third-order valence-electron chi connectivity index (χ3n) is 5.26. The molecule has 0 spiro atoms. The minimum atomic E-state index is -0.344. The van der Waals surface area contributed by atoms with Gasteiger partial charge in [-0.2, -0.15) is 0 Å². The van der Waals surface area contributed by atoms with E-state index in [0.717, 1.165) is 55.8 Å². The molecule has 1 amide bonds. The summed E-state index contributed by atoms with van der Waals surface area (Å²) in [5.74, 6) is 0.380. The van der Waals surface area contributed by atoms with Crippen molar-refractivity contribution in [3.05, 3.63) is 39.2 Å². The van der Waals surface area contributed by atoms with Crippen molar-refractivity contribution in [1.82, 2.24) is 10.2 Å². The number of fused-ring (bicyclic) bond motifs is 1. The molecule has 152 valence electrons. The average Bonchev–Trinajstić information content (AvgIpc) is 2.70. The van der Waals surface area contributed by atoms with Crippen LogP contribution < -0.4 is 15.7 Å². The third kappa shape index (κ3) is 4.72. The Morgan fingerprint density at radius 3 is 2.64 bits per heavy atom. The Balaban J connectivity index is 1.52. The number of morpholine rings is 1. The van der Waals surface area contributed by atoms with Crippen LogP contribution in [0.1, 0.15) is 23.1 Å². The van der Waals surface area contributed by atoms with E-state index in [1.165, 1.54) is 0 Å². The number of aryl methyl sites for hydroxylation is 2. The highest BCUT2D eigenvalue weighted by Crippen LogP contribution is 2.29. The minimum Gasteiger partial charge on any atom is -0.483 e. The number of carbonyl (C=O) groups excluding carboxylic acids is 1. The summed E-state index contributed by atoms with van der Waals surface area (Å²) in [6.07, 6.45) is 0.893. The van der Waals surface area contributed by atoms with Crippen LogP contribution in [-0.4, -0.2) is 56.8 Å². The van der Waals surface area contributed by atoms with Crippen molar-refractivity contribution in [2.75, 3.05) is 46.0 Å². The fourth-order valence-corrected chi connectivity index (χ4v) is 3.33. The van der Waals surface area contributed by atoms with Crippen LogP contribution in [0.5, 0.6) is 5.75 Å². The van der Waals surface area contributed by atoms with E-state index in [9.17, 15) is 9.59 Å². The maximum atomic E-state index is 12.1. The molecule has 0 bridgehead atoms. The number of rotatable bonds is 7. The van der Waals surface area contributed by atoms with Crippen LogP contribution in [0.4, 0.5) is 0 Å². The molecule has 7 nitrogen and oxygen atoms in total. The zero-order valence-electron chi connectivity index (χ0n) is 16.8. The van der Waals surface area contributed by atoms with Gasteiger partial charge in [-0.05, 0) is 51.4 Å². The summed E-state index contributed by atoms with van der Waals surface area (Å²) in [6, 6.07) is 3.68. The molecule has 1 aliphatic rings. The van der Waals surface area contributed by atoms with Crippen molar-refractivity contribution in [3.63, 3.8) is 0 Å². The summed E-state index contributed by atoms with van der Waals surface area (Å²) in [5, 5.41) is 3.76. The summed E-state index contributed by atoms with van der Waals surface area (Å²) < 4.78 is 16.4. The van der Waals surface area contributed by atoms with Gasteiger partial charge >= 0.3 is 5.63 Å². The monoisotopic (exact) mass is 388 g/mol. The van der Waals surface area contributed by atoms with Crippen LogP contribution in [0.3, 0.4) is 0 Å². The summed E-state index contributed by atoms with van der Waals surface area (Å²) in [5.41, 5.74) is 2.40. The van der Waals surface area contributed by atoms with Gasteiger partial charge in [0.05, 0.1) is 13.2 Å². The fraction of sp³-hybridized carbons (Fsp3) is 0.524. The molecule has 1 fully saturated rings. The Bertz CT molecular complexity index is 900. The number of nitrogens with one attached hydrogen (secondary N) is 1. The van der Waals surface area contributed by atoms with Crippen LogP contribution in [-0.2, 0) is 9.53 Å². The van der Waals surface area contributed by atoms with Gasteiger partial charge in [-0.3, -0.25) is 9.69 Å². The molecule has 1 aliphatic heterocycles. The predicted octanol–water partition coefficient (Wildman–Crippen LogP) is 1.94. The Hall–Kier alpha value is -2.38. The number of benzene rings is 1. The van der Waals surface area contributed by atoms with Crippen LogP contribution >= 0.6 is 0 Å². The molecule has 7 heteroatoms. The highest BCUT2D eigenvalue weighted by Gasteiger charge is 2.14. The van der Waals surface area contributed by atoms with Crippen molar-refractivity contribution in [3.8, 4) is 5.75 Å². The fourth-order valence-electron chi connectivity index (χ4n) is 3.33. The van der Waals surface area contributed by atoms with Gasteiger partial charge in [0.2, 0.25) is 0 Å². The van der Waals surface area contributed by atoms with Gasteiger partial charge in [0.1, 0.15) is 11.3 Å². The normalized spacial score (nSPS) is 15.0. The van der Waals surface area contributed by atoms with E-state index >= 15 is 0 Å². The van der Waals surface area contributed by atoms with E-state index < -0.39 is 0 Å². The van der Waals surface area contributed by atoms with Crippen molar-refractivity contribution >= 4 is 16.9 Å². The molecule has 1 saturated heterocycles. The lowest BCUT2D eigenvalue weighted by atomic mass is 10.0. The molecule has 1 aromatic carbocycles. The Morgan fingerprint density at radius 2 is 1.89 bits per heavy atom. The maximum absolute atomic E-state index is 12.1. The number of carbonyl (C=O) groups is 1. The van der Waals surface area contributed by atoms with Crippen LogP contribution in [0.25, 0.3) is 11.0 Å². The van der Waals surface area contributed by atoms with E-state index in [0.29, 0.717) is 23.4 Å². The molecule has 2 heterocycles. The molecule has 1 aromatic heterocycles. The summed E-state index contributed by atoms with van der Waals surface area (Å²) in [6.45, 7) is 10.4. The third-order valence-corrected chi connectivity index (χ3v) is 5.26. The Kier molecular flexibility index (Phi) is 6.70. The number of hydrogen-bond acceptors (Lipinski definition) is 6. The lowest BCUT2D eigenvalue weighted by Gasteiger charge is -2.26. The van der Waals surface area contributed by atoms with E-state index in [1.54, 1.807) is 6.92 Å². The zero-order valence-corrected chi connectivity index (χ0v) is 16.8. The standard InChI is InChI=1S/C21H28N2O5/c1-14-15(2)21(25)28-20-16(3)18(6-5-17(14)20)27-13-19(24)22-7-4-8-23-9-11-26-12-10-23/h5-6H,4,7-13H2,1-3H3,(H,22,24). The second kappa shape index (κ2) is 9.21. The van der Waals surface area contributed by atoms with Gasteiger partial charge in [0, 0.05) is 36.1 Å². The highest BCUT2D eigenvalue weighted by molar-refractivity contribution is 5.85. The second-order valence-corrected chi connectivity index (χ2v) is 7.15. The van der Waals surface area contributed by atoms with E-state index in [-0.39, 0.29) is 18.1 Å². The first-order valence-corrected chi connectivity index (χ1v) is 9.70. The molecule has 28 heavy (non-hydrogen) atoms. The molecular formula is C21H28N2O5. The summed E-state index contributed by atoms with van der Waals surface area (Å²) >= 11 is 0. The van der Waals surface area contributed by atoms with Crippen LogP contribution in [0.15, 0.2) is 21.3 Å². The van der Waals surface area contributed by atoms with Gasteiger partial charge < -0.3 is 19.2 Å². The minimum absolute atomic E-state index is 0.0705. The molecule has 0 atom stereocenters.